The molecule has 1 saturated heterocycles. The van der Waals surface area contributed by atoms with E-state index in [1.807, 2.05) is 18.8 Å². The van der Waals surface area contributed by atoms with Crippen LogP contribution in [0.5, 0.6) is 0 Å². The average molecular weight is 314 g/mol. The summed E-state index contributed by atoms with van der Waals surface area (Å²) >= 11 is 0. The van der Waals surface area contributed by atoms with Crippen molar-refractivity contribution < 1.29 is 19.3 Å². The first kappa shape index (κ1) is 18.1. The van der Waals surface area contributed by atoms with E-state index in [-0.39, 0.29) is 0 Å². The number of hydrogen-bond donors (Lipinski definition) is 3. The summed E-state index contributed by atoms with van der Waals surface area (Å²) in [5.74, 6) is 4.49. The summed E-state index contributed by atoms with van der Waals surface area (Å²) in [5, 5.41) is 18.9. The van der Waals surface area contributed by atoms with E-state index in [9.17, 15) is 19.1 Å². The molecule has 3 N–H and O–H groups in total. The second-order valence-electron chi connectivity index (χ2n) is 4.31. The van der Waals surface area contributed by atoms with Gasteiger partial charge >= 0.3 is 5.69 Å². The van der Waals surface area contributed by atoms with E-state index in [4.69, 9.17) is 9.84 Å². The number of nitrogens with one attached hydrogen (secondary N) is 1. The minimum atomic E-state index is -2.57. The maximum atomic E-state index is 14.9. The molecule has 1 fully saturated rings. The molecule has 4 unspecified atom stereocenters. The number of alkyl halides is 1. The summed E-state index contributed by atoms with van der Waals surface area (Å²) in [7, 11) is 0. The van der Waals surface area contributed by atoms with Gasteiger partial charge in [-0.3, -0.25) is 14.3 Å². The number of halogens is 1. The summed E-state index contributed by atoms with van der Waals surface area (Å²) in [6.45, 7) is 4.74. The summed E-state index contributed by atoms with van der Waals surface area (Å²) in [6.07, 6.45) is -3.45. The number of hydrogen-bond acceptors (Lipinski definition) is 5. The van der Waals surface area contributed by atoms with E-state index in [1.54, 1.807) is 0 Å². The molecule has 1 aromatic rings. The van der Waals surface area contributed by atoms with E-state index in [0.29, 0.717) is 0 Å². The molecule has 8 heteroatoms. The third-order valence-corrected chi connectivity index (χ3v) is 3.05. The van der Waals surface area contributed by atoms with Gasteiger partial charge < -0.3 is 14.9 Å². The van der Waals surface area contributed by atoms with Crippen molar-refractivity contribution in [2.45, 2.75) is 44.9 Å². The van der Waals surface area contributed by atoms with Gasteiger partial charge in [-0.25, -0.2) is 9.18 Å². The highest BCUT2D eigenvalue weighted by atomic mass is 19.1. The van der Waals surface area contributed by atoms with Gasteiger partial charge in [0.25, 0.3) is 5.56 Å². The normalized spacial score (nSPS) is 30.0. The molecule has 0 aliphatic carbocycles. The van der Waals surface area contributed by atoms with Crippen LogP contribution >= 0.6 is 0 Å². The van der Waals surface area contributed by atoms with Crippen LogP contribution in [-0.2, 0) is 4.74 Å². The van der Waals surface area contributed by atoms with Crippen molar-refractivity contribution >= 4 is 0 Å². The Kier molecular flexibility index (Phi) is 6.05. The van der Waals surface area contributed by atoms with Crippen molar-refractivity contribution in [2.75, 3.05) is 6.61 Å². The highest BCUT2D eigenvalue weighted by Gasteiger charge is 2.57. The van der Waals surface area contributed by atoms with Gasteiger partial charge in [0.2, 0.25) is 5.67 Å². The Labute approximate surface area is 126 Å². The van der Waals surface area contributed by atoms with Gasteiger partial charge in [-0.15, -0.1) is 5.92 Å². The molecule has 1 aromatic heterocycles. The fraction of sp³-hybridized carbons (Fsp3) is 0.571. The molecule has 0 spiro atoms. The van der Waals surface area contributed by atoms with Crippen LogP contribution in [0.25, 0.3) is 0 Å². The minimum Gasteiger partial charge on any atom is -0.394 e. The number of nitrogens with zero attached hydrogens (tertiary/aromatic N) is 1. The Morgan fingerprint density at radius 2 is 2.14 bits per heavy atom. The summed E-state index contributed by atoms with van der Waals surface area (Å²) in [6, 6.07) is 1.02. The van der Waals surface area contributed by atoms with Crippen LogP contribution in [0.1, 0.15) is 27.0 Å². The van der Waals surface area contributed by atoms with Crippen LogP contribution in [-0.4, -0.2) is 44.2 Å². The number of aliphatic hydroxyl groups is 2. The van der Waals surface area contributed by atoms with Crippen LogP contribution in [0, 0.1) is 11.8 Å². The number of rotatable bonds is 2. The smallest absolute Gasteiger partial charge is 0.330 e. The Hall–Kier alpha value is -1.95. The SMILES string of the molecule is CC.CC#CC1(F)C(O)C(CO)OC1n1ccc(=O)[nH]c1=O. The molecule has 22 heavy (non-hydrogen) atoms. The highest BCUT2D eigenvalue weighted by molar-refractivity contribution is 5.22. The van der Waals surface area contributed by atoms with E-state index < -0.39 is 42.0 Å². The summed E-state index contributed by atoms with van der Waals surface area (Å²) < 4.78 is 20.8. The minimum absolute atomic E-state index is 0.632. The first-order chi connectivity index (χ1) is 10.4. The van der Waals surface area contributed by atoms with E-state index >= 15 is 0 Å². The number of aliphatic hydroxyl groups excluding tert-OH is 2. The van der Waals surface area contributed by atoms with Gasteiger partial charge in [0.05, 0.1) is 6.61 Å². The predicted molar refractivity (Wildman–Crippen MR) is 77.0 cm³/mol. The van der Waals surface area contributed by atoms with Crippen molar-refractivity contribution in [3.63, 3.8) is 0 Å². The lowest BCUT2D eigenvalue weighted by Gasteiger charge is -2.23. The molecule has 2 rings (SSSR count). The van der Waals surface area contributed by atoms with Gasteiger partial charge in [0.1, 0.15) is 12.2 Å². The Balaban J connectivity index is 0.00000116. The van der Waals surface area contributed by atoms with Crippen LogP contribution in [0.3, 0.4) is 0 Å². The fourth-order valence-electron chi connectivity index (χ4n) is 2.11. The molecule has 1 aliphatic rings. The zero-order valence-corrected chi connectivity index (χ0v) is 12.5. The highest BCUT2D eigenvalue weighted by Crippen LogP contribution is 2.40. The molecule has 0 radical (unpaired) electrons. The molecule has 0 saturated carbocycles. The number of ether oxygens (including phenoxy) is 1. The second-order valence-corrected chi connectivity index (χ2v) is 4.31. The topological polar surface area (TPSA) is 105 Å². The number of H-pyrrole nitrogens is 1. The third-order valence-electron chi connectivity index (χ3n) is 3.05. The van der Waals surface area contributed by atoms with Crippen LogP contribution in [0.2, 0.25) is 0 Å². The third kappa shape index (κ3) is 3.11. The number of aromatic amines is 1. The predicted octanol–water partition coefficient (Wildman–Crippen LogP) is -0.455. The van der Waals surface area contributed by atoms with E-state index in [1.165, 1.54) is 6.92 Å². The standard InChI is InChI=1S/C12H13FN2O5.C2H6/c1-2-4-12(13)9(18)7(6-16)20-10(12)15-5-3-8(17)14-11(15)19;1-2/h3,5,7,9-10,16,18H,6H2,1H3,(H,14,17,19);1-2H3. The lowest BCUT2D eigenvalue weighted by molar-refractivity contribution is -0.0543. The van der Waals surface area contributed by atoms with Gasteiger partial charge in [0.15, 0.2) is 6.23 Å². The molecule has 7 nitrogen and oxygen atoms in total. The monoisotopic (exact) mass is 314 g/mol. The van der Waals surface area contributed by atoms with Gasteiger partial charge in [0, 0.05) is 12.3 Å². The largest absolute Gasteiger partial charge is 0.394 e. The van der Waals surface area contributed by atoms with Crippen molar-refractivity contribution in [3.8, 4) is 11.8 Å². The molecule has 0 bridgehead atoms. The van der Waals surface area contributed by atoms with Gasteiger partial charge in [-0.1, -0.05) is 19.8 Å². The molecular formula is C14H19FN2O5. The molecule has 0 amide bonds. The van der Waals surface area contributed by atoms with Crippen molar-refractivity contribution in [1.82, 2.24) is 9.55 Å². The zero-order chi connectivity index (χ0) is 16.9. The molecular weight excluding hydrogens is 295 g/mol. The summed E-state index contributed by atoms with van der Waals surface area (Å²) in [5.41, 5.74) is -4.10. The molecule has 4 atom stereocenters. The van der Waals surface area contributed by atoms with Crippen molar-refractivity contribution in [1.29, 1.82) is 0 Å². The van der Waals surface area contributed by atoms with Crippen LogP contribution in [0.4, 0.5) is 4.39 Å². The van der Waals surface area contributed by atoms with Crippen molar-refractivity contribution in [3.05, 3.63) is 33.1 Å². The summed E-state index contributed by atoms with van der Waals surface area (Å²) in [4.78, 5) is 24.7. The first-order valence-corrected chi connectivity index (χ1v) is 6.82. The zero-order valence-electron chi connectivity index (χ0n) is 12.5. The maximum Gasteiger partial charge on any atom is 0.330 e. The van der Waals surface area contributed by atoms with E-state index in [0.717, 1.165) is 16.8 Å². The quantitative estimate of drug-likeness (QED) is 0.641. The fourth-order valence-corrected chi connectivity index (χ4v) is 2.11. The molecule has 122 valence electrons. The Morgan fingerprint density at radius 3 is 2.64 bits per heavy atom. The van der Waals surface area contributed by atoms with Crippen molar-refractivity contribution in [2.24, 2.45) is 0 Å². The Morgan fingerprint density at radius 1 is 1.50 bits per heavy atom. The lowest BCUT2D eigenvalue weighted by atomic mass is 9.96. The van der Waals surface area contributed by atoms with Crippen LogP contribution < -0.4 is 11.2 Å². The second kappa shape index (κ2) is 7.35. The molecule has 1 aliphatic heterocycles. The van der Waals surface area contributed by atoms with E-state index in [2.05, 4.69) is 11.8 Å². The number of aromatic nitrogens is 2. The van der Waals surface area contributed by atoms with Gasteiger partial charge in [-0.2, -0.15) is 0 Å². The molecule has 2 heterocycles. The van der Waals surface area contributed by atoms with Crippen LogP contribution in [0.15, 0.2) is 21.9 Å². The average Bonchev–Trinajstić information content (AvgIpc) is 2.74. The van der Waals surface area contributed by atoms with Gasteiger partial charge in [-0.05, 0) is 6.92 Å². The lowest BCUT2D eigenvalue weighted by Crippen LogP contribution is -2.45. The Bertz CT molecular complexity index is 674. The maximum absolute atomic E-state index is 14.9. The molecule has 0 aromatic carbocycles. The first-order valence-electron chi connectivity index (χ1n) is 6.82.